The molecular formula is C29H24N2O4. The first-order valence-electron chi connectivity index (χ1n) is 11.6. The minimum absolute atomic E-state index is 0.0122. The van der Waals surface area contributed by atoms with Gasteiger partial charge in [-0.3, -0.25) is 19.7 Å². The van der Waals surface area contributed by atoms with Gasteiger partial charge in [-0.2, -0.15) is 0 Å². The highest BCUT2D eigenvalue weighted by atomic mass is 16.6. The van der Waals surface area contributed by atoms with E-state index in [1.165, 1.54) is 12.1 Å². The molecule has 1 heterocycles. The highest BCUT2D eigenvalue weighted by Crippen LogP contribution is 2.46. The molecule has 2 aliphatic rings. The van der Waals surface area contributed by atoms with E-state index in [-0.39, 0.29) is 17.3 Å². The van der Waals surface area contributed by atoms with Crippen LogP contribution in [0.4, 0.5) is 11.4 Å². The number of non-ortho nitro benzene ring substituents is 1. The topological polar surface area (TPSA) is 80.5 Å². The number of nitro benzene ring substituents is 1. The maximum absolute atomic E-state index is 13.8. The van der Waals surface area contributed by atoms with Crippen LogP contribution in [0.3, 0.4) is 0 Å². The summed E-state index contributed by atoms with van der Waals surface area (Å²) < 4.78 is 0. The molecular weight excluding hydrogens is 440 g/mol. The Hall–Kier alpha value is -4.32. The summed E-state index contributed by atoms with van der Waals surface area (Å²) in [7, 11) is 0. The van der Waals surface area contributed by atoms with Crippen molar-refractivity contribution in [2.45, 2.75) is 32.1 Å². The molecule has 0 saturated heterocycles. The van der Waals surface area contributed by atoms with Crippen LogP contribution in [0.2, 0.25) is 0 Å². The van der Waals surface area contributed by atoms with Gasteiger partial charge >= 0.3 is 0 Å². The molecule has 6 nitrogen and oxygen atoms in total. The van der Waals surface area contributed by atoms with Crippen molar-refractivity contribution in [1.29, 1.82) is 0 Å². The number of aryl methyl sites for hydroxylation is 1. The van der Waals surface area contributed by atoms with Crippen molar-refractivity contribution in [3.05, 3.63) is 129 Å². The van der Waals surface area contributed by atoms with Gasteiger partial charge in [0.2, 0.25) is 0 Å². The van der Waals surface area contributed by atoms with Gasteiger partial charge < -0.3 is 4.90 Å². The standard InChI is InChI=1S/C29H24N2O4/c1-19-10-14-22(15-11-19)30-18-24(29(33)21-6-3-2-4-7-21)27(28-25(30)8-5-9-26(28)32)20-12-16-23(17-13-20)31(34)35/h2-4,6-7,10-18,27H,5,8-9H2,1H3. The van der Waals surface area contributed by atoms with Gasteiger partial charge in [0.05, 0.1) is 4.92 Å². The van der Waals surface area contributed by atoms with E-state index in [1.54, 1.807) is 24.3 Å². The number of ketones is 2. The number of nitrogens with zero attached hydrogens (tertiary/aromatic N) is 2. The molecule has 0 bridgehead atoms. The Labute approximate surface area is 203 Å². The third kappa shape index (κ3) is 4.19. The zero-order valence-corrected chi connectivity index (χ0v) is 19.3. The van der Waals surface area contributed by atoms with Gasteiger partial charge in [-0.25, -0.2) is 0 Å². The van der Waals surface area contributed by atoms with Crippen LogP contribution in [-0.4, -0.2) is 16.5 Å². The van der Waals surface area contributed by atoms with E-state index in [9.17, 15) is 19.7 Å². The summed E-state index contributed by atoms with van der Waals surface area (Å²) in [5.41, 5.74) is 5.16. The number of hydrogen-bond acceptors (Lipinski definition) is 5. The Bertz CT molecular complexity index is 1370. The lowest BCUT2D eigenvalue weighted by atomic mass is 9.74. The van der Waals surface area contributed by atoms with Crippen molar-refractivity contribution in [2.75, 3.05) is 4.90 Å². The van der Waals surface area contributed by atoms with E-state index in [1.807, 2.05) is 60.5 Å². The first kappa shape index (κ1) is 22.5. The number of allylic oxidation sites excluding steroid dienone is 3. The molecule has 0 saturated carbocycles. The molecule has 0 spiro atoms. The van der Waals surface area contributed by atoms with Crippen LogP contribution in [0.1, 0.15) is 46.7 Å². The second-order valence-corrected chi connectivity index (χ2v) is 8.90. The first-order valence-corrected chi connectivity index (χ1v) is 11.6. The minimum atomic E-state index is -0.590. The summed E-state index contributed by atoms with van der Waals surface area (Å²) >= 11 is 0. The first-order chi connectivity index (χ1) is 16.9. The zero-order valence-electron chi connectivity index (χ0n) is 19.3. The van der Waals surface area contributed by atoms with Gasteiger partial charge in [-0.15, -0.1) is 0 Å². The summed E-state index contributed by atoms with van der Waals surface area (Å²) in [4.78, 5) is 40.0. The summed E-state index contributed by atoms with van der Waals surface area (Å²) in [5, 5.41) is 11.2. The molecule has 0 radical (unpaired) electrons. The van der Waals surface area contributed by atoms with E-state index in [4.69, 9.17) is 0 Å². The molecule has 1 atom stereocenters. The number of anilines is 1. The smallest absolute Gasteiger partial charge is 0.269 e. The van der Waals surface area contributed by atoms with Crippen LogP contribution in [0.15, 0.2) is 102 Å². The van der Waals surface area contributed by atoms with Crippen molar-refractivity contribution in [2.24, 2.45) is 0 Å². The number of nitro groups is 1. The molecule has 0 fully saturated rings. The van der Waals surface area contributed by atoms with Crippen LogP contribution in [0.5, 0.6) is 0 Å². The maximum atomic E-state index is 13.8. The van der Waals surface area contributed by atoms with E-state index in [0.717, 1.165) is 23.4 Å². The Morgan fingerprint density at radius 1 is 0.943 bits per heavy atom. The van der Waals surface area contributed by atoms with E-state index in [0.29, 0.717) is 35.1 Å². The summed E-state index contributed by atoms with van der Waals surface area (Å²) in [6.07, 6.45) is 3.71. The largest absolute Gasteiger partial charge is 0.320 e. The van der Waals surface area contributed by atoms with Crippen LogP contribution >= 0.6 is 0 Å². The van der Waals surface area contributed by atoms with Crippen molar-refractivity contribution in [1.82, 2.24) is 0 Å². The highest BCUT2D eigenvalue weighted by Gasteiger charge is 2.39. The number of carbonyl (C=O) groups excluding carboxylic acids is 2. The van der Waals surface area contributed by atoms with Gasteiger partial charge in [0.25, 0.3) is 5.69 Å². The third-order valence-corrected chi connectivity index (χ3v) is 6.63. The monoisotopic (exact) mass is 464 g/mol. The normalized spacial score (nSPS) is 17.6. The quantitative estimate of drug-likeness (QED) is 0.252. The predicted molar refractivity (Wildman–Crippen MR) is 134 cm³/mol. The van der Waals surface area contributed by atoms with Crippen molar-refractivity contribution < 1.29 is 14.5 Å². The van der Waals surface area contributed by atoms with Crippen LogP contribution < -0.4 is 4.90 Å². The molecule has 0 aromatic heterocycles. The molecule has 0 amide bonds. The van der Waals surface area contributed by atoms with E-state index >= 15 is 0 Å². The molecule has 35 heavy (non-hydrogen) atoms. The Kier molecular flexibility index (Phi) is 5.87. The van der Waals surface area contributed by atoms with Crippen molar-refractivity contribution in [3.63, 3.8) is 0 Å². The van der Waals surface area contributed by atoms with Gasteiger partial charge in [0.1, 0.15) is 0 Å². The number of Topliss-reactive ketones (excluding diaryl/α,β-unsaturated/α-hetero) is 2. The van der Waals surface area contributed by atoms with E-state index in [2.05, 4.69) is 0 Å². The number of hydrogen-bond donors (Lipinski definition) is 0. The second kappa shape index (κ2) is 9.14. The van der Waals surface area contributed by atoms with Gasteiger partial charge in [0.15, 0.2) is 11.6 Å². The molecule has 3 aromatic carbocycles. The molecule has 1 aliphatic heterocycles. The second-order valence-electron chi connectivity index (χ2n) is 8.90. The van der Waals surface area contributed by atoms with Gasteiger partial charge in [0, 0.05) is 58.8 Å². The molecule has 1 aliphatic carbocycles. The Morgan fingerprint density at radius 3 is 2.29 bits per heavy atom. The molecule has 174 valence electrons. The lowest BCUT2D eigenvalue weighted by Gasteiger charge is -2.38. The van der Waals surface area contributed by atoms with Crippen LogP contribution in [0.25, 0.3) is 0 Å². The summed E-state index contributed by atoms with van der Waals surface area (Å²) in [6.45, 7) is 2.01. The Balaban J connectivity index is 1.72. The molecule has 6 heteroatoms. The SMILES string of the molecule is Cc1ccc(N2C=C(C(=O)c3ccccc3)C(c3ccc([N+](=O)[O-])cc3)C3=C2CCCC3=O)cc1. The highest BCUT2D eigenvalue weighted by molar-refractivity contribution is 6.13. The summed E-state index contributed by atoms with van der Waals surface area (Å²) in [5.74, 6) is -0.748. The fourth-order valence-electron chi connectivity index (χ4n) is 4.89. The number of rotatable bonds is 5. The van der Waals surface area contributed by atoms with Crippen LogP contribution in [0, 0.1) is 17.0 Å². The molecule has 3 aromatic rings. The van der Waals surface area contributed by atoms with Gasteiger partial charge in [-0.1, -0.05) is 60.2 Å². The third-order valence-electron chi connectivity index (χ3n) is 6.63. The fraction of sp³-hybridized carbons (Fsp3) is 0.172. The minimum Gasteiger partial charge on any atom is -0.320 e. The average Bonchev–Trinajstić information content (AvgIpc) is 2.89. The van der Waals surface area contributed by atoms with Crippen molar-refractivity contribution in [3.8, 4) is 0 Å². The fourth-order valence-corrected chi connectivity index (χ4v) is 4.89. The van der Waals surface area contributed by atoms with Crippen molar-refractivity contribution >= 4 is 22.9 Å². The number of carbonyl (C=O) groups is 2. The van der Waals surface area contributed by atoms with E-state index < -0.39 is 10.8 Å². The molecule has 1 unspecified atom stereocenters. The zero-order chi connectivity index (χ0) is 24.5. The number of benzene rings is 3. The maximum Gasteiger partial charge on any atom is 0.269 e. The van der Waals surface area contributed by atoms with Gasteiger partial charge in [-0.05, 0) is 37.5 Å². The lowest BCUT2D eigenvalue weighted by Crippen LogP contribution is -2.34. The van der Waals surface area contributed by atoms with Crippen LogP contribution in [-0.2, 0) is 4.79 Å². The summed E-state index contributed by atoms with van der Waals surface area (Å²) in [6, 6.07) is 23.2. The lowest BCUT2D eigenvalue weighted by molar-refractivity contribution is -0.384. The predicted octanol–water partition coefficient (Wildman–Crippen LogP) is 6.28. The Morgan fingerprint density at radius 2 is 1.63 bits per heavy atom. The molecule has 0 N–H and O–H groups in total. The molecule has 5 rings (SSSR count). The average molecular weight is 465 g/mol.